The number of benzene rings is 1. The highest BCUT2D eigenvalue weighted by molar-refractivity contribution is 5.86. The minimum absolute atomic E-state index is 0.252. The van der Waals surface area contributed by atoms with Crippen LogP contribution in [0.2, 0.25) is 0 Å². The third kappa shape index (κ3) is 2.54. The molecule has 0 radical (unpaired) electrons. The summed E-state index contributed by atoms with van der Waals surface area (Å²) in [6.07, 6.45) is 1.64. The SMILES string of the molecule is Cc1c2n(c3ncc(-c4cccc(F)c4F)cc13)CCN(C(C)C)C2. The normalized spacial score (nSPS) is 15.1. The third-order valence-electron chi connectivity index (χ3n) is 5.24. The molecule has 5 heteroatoms. The standard InChI is InChI=1S/C20H21F2N3/c1-12(2)24-7-8-25-18(11-24)13(3)16-9-14(10-23-20(16)25)15-5-4-6-17(21)19(15)22/h4-6,9-10,12H,7-8,11H2,1-3H3. The van der Waals surface area contributed by atoms with Gasteiger partial charge in [-0.2, -0.15) is 0 Å². The van der Waals surface area contributed by atoms with Gasteiger partial charge in [0, 0.05) is 54.1 Å². The van der Waals surface area contributed by atoms with Crippen molar-refractivity contribution in [3.05, 3.63) is 53.4 Å². The van der Waals surface area contributed by atoms with Gasteiger partial charge in [0.25, 0.3) is 0 Å². The topological polar surface area (TPSA) is 21.1 Å². The average molecular weight is 341 g/mol. The molecule has 0 fully saturated rings. The fourth-order valence-electron chi connectivity index (χ4n) is 3.69. The van der Waals surface area contributed by atoms with Crippen LogP contribution in [0.25, 0.3) is 22.2 Å². The Labute approximate surface area is 145 Å². The number of pyridine rings is 1. The van der Waals surface area contributed by atoms with E-state index in [9.17, 15) is 8.78 Å². The van der Waals surface area contributed by atoms with Crippen molar-refractivity contribution in [2.24, 2.45) is 0 Å². The second kappa shape index (κ2) is 5.92. The van der Waals surface area contributed by atoms with Crippen LogP contribution in [0, 0.1) is 18.6 Å². The van der Waals surface area contributed by atoms with E-state index in [1.54, 1.807) is 12.3 Å². The van der Waals surface area contributed by atoms with Crippen LogP contribution in [0.4, 0.5) is 8.78 Å². The van der Waals surface area contributed by atoms with E-state index in [-0.39, 0.29) is 5.56 Å². The lowest BCUT2D eigenvalue weighted by molar-refractivity contribution is 0.178. The molecule has 130 valence electrons. The van der Waals surface area contributed by atoms with Gasteiger partial charge in [0.05, 0.1) is 0 Å². The molecule has 0 N–H and O–H groups in total. The van der Waals surface area contributed by atoms with Crippen LogP contribution in [0.1, 0.15) is 25.1 Å². The Hall–Kier alpha value is -2.27. The molecule has 0 aliphatic carbocycles. The molecule has 0 atom stereocenters. The first-order chi connectivity index (χ1) is 12.0. The zero-order valence-corrected chi connectivity index (χ0v) is 14.7. The Bertz CT molecular complexity index is 959. The second-order valence-electron chi connectivity index (χ2n) is 6.98. The maximum atomic E-state index is 14.1. The summed E-state index contributed by atoms with van der Waals surface area (Å²) in [4.78, 5) is 7.03. The van der Waals surface area contributed by atoms with Gasteiger partial charge < -0.3 is 4.57 Å². The Kier molecular flexibility index (Phi) is 3.84. The first kappa shape index (κ1) is 16.2. The number of nitrogens with zero attached hydrogens (tertiary/aromatic N) is 3. The van der Waals surface area contributed by atoms with E-state index in [0.717, 1.165) is 36.7 Å². The van der Waals surface area contributed by atoms with Crippen LogP contribution in [0.5, 0.6) is 0 Å². The molecule has 3 aromatic rings. The molecule has 3 nitrogen and oxygen atoms in total. The molecule has 0 bridgehead atoms. The third-order valence-corrected chi connectivity index (χ3v) is 5.24. The first-order valence-corrected chi connectivity index (χ1v) is 8.63. The number of aryl methyl sites for hydroxylation is 1. The molecular formula is C20H21F2N3. The van der Waals surface area contributed by atoms with Gasteiger partial charge >= 0.3 is 0 Å². The molecule has 0 spiro atoms. The smallest absolute Gasteiger partial charge is 0.166 e. The summed E-state index contributed by atoms with van der Waals surface area (Å²) in [5.74, 6) is -1.66. The molecule has 3 heterocycles. The average Bonchev–Trinajstić information content (AvgIpc) is 2.89. The summed E-state index contributed by atoms with van der Waals surface area (Å²) < 4.78 is 30.0. The zero-order valence-electron chi connectivity index (χ0n) is 14.7. The highest BCUT2D eigenvalue weighted by Gasteiger charge is 2.24. The second-order valence-corrected chi connectivity index (χ2v) is 6.98. The van der Waals surface area contributed by atoms with Crippen LogP contribution < -0.4 is 0 Å². The zero-order chi connectivity index (χ0) is 17.7. The molecule has 0 unspecified atom stereocenters. The molecule has 1 aliphatic heterocycles. The quantitative estimate of drug-likeness (QED) is 0.684. The van der Waals surface area contributed by atoms with E-state index >= 15 is 0 Å². The van der Waals surface area contributed by atoms with Gasteiger partial charge in [0.2, 0.25) is 0 Å². The van der Waals surface area contributed by atoms with Gasteiger partial charge in [-0.05, 0) is 38.5 Å². The fourth-order valence-corrected chi connectivity index (χ4v) is 3.69. The minimum Gasteiger partial charge on any atom is -0.327 e. The van der Waals surface area contributed by atoms with Crippen molar-refractivity contribution in [2.75, 3.05) is 6.54 Å². The van der Waals surface area contributed by atoms with Gasteiger partial charge in [-0.25, -0.2) is 13.8 Å². The summed E-state index contributed by atoms with van der Waals surface area (Å²) in [6.45, 7) is 9.29. The lowest BCUT2D eigenvalue weighted by atomic mass is 10.0. The number of hydrogen-bond donors (Lipinski definition) is 0. The van der Waals surface area contributed by atoms with Crippen molar-refractivity contribution in [1.29, 1.82) is 0 Å². The highest BCUT2D eigenvalue weighted by Crippen LogP contribution is 2.32. The van der Waals surface area contributed by atoms with Crippen LogP contribution in [0.15, 0.2) is 30.5 Å². The van der Waals surface area contributed by atoms with Gasteiger partial charge in [0.15, 0.2) is 11.6 Å². The minimum atomic E-state index is -0.835. The van der Waals surface area contributed by atoms with Gasteiger partial charge in [-0.15, -0.1) is 0 Å². The summed E-state index contributed by atoms with van der Waals surface area (Å²) >= 11 is 0. The largest absolute Gasteiger partial charge is 0.327 e. The monoisotopic (exact) mass is 341 g/mol. The molecule has 0 amide bonds. The lowest BCUT2D eigenvalue weighted by Crippen LogP contribution is -2.38. The van der Waals surface area contributed by atoms with Gasteiger partial charge in [0.1, 0.15) is 5.65 Å². The maximum absolute atomic E-state index is 14.1. The number of fused-ring (bicyclic) bond motifs is 3. The molecule has 2 aromatic heterocycles. The summed E-state index contributed by atoms with van der Waals surface area (Å²) in [7, 11) is 0. The number of hydrogen-bond acceptors (Lipinski definition) is 2. The summed E-state index contributed by atoms with van der Waals surface area (Å²) in [5, 5.41) is 1.02. The summed E-state index contributed by atoms with van der Waals surface area (Å²) in [5.41, 5.74) is 4.22. The maximum Gasteiger partial charge on any atom is 0.166 e. The highest BCUT2D eigenvalue weighted by atomic mass is 19.2. The predicted octanol–water partition coefficient (Wildman–Crippen LogP) is 4.51. The van der Waals surface area contributed by atoms with Crippen molar-refractivity contribution >= 4 is 11.0 Å². The number of rotatable bonds is 2. The van der Waals surface area contributed by atoms with Crippen LogP contribution in [-0.2, 0) is 13.1 Å². The molecule has 1 aromatic carbocycles. The van der Waals surface area contributed by atoms with Crippen LogP contribution in [-0.4, -0.2) is 27.0 Å². The van der Waals surface area contributed by atoms with E-state index < -0.39 is 11.6 Å². The molecule has 0 saturated heterocycles. The Morgan fingerprint density at radius 2 is 1.96 bits per heavy atom. The van der Waals surface area contributed by atoms with E-state index in [0.29, 0.717) is 11.6 Å². The van der Waals surface area contributed by atoms with E-state index in [2.05, 4.69) is 35.2 Å². The molecular weight excluding hydrogens is 320 g/mol. The van der Waals surface area contributed by atoms with E-state index in [4.69, 9.17) is 0 Å². The molecule has 1 aliphatic rings. The number of halogens is 2. The first-order valence-electron chi connectivity index (χ1n) is 8.63. The molecule has 4 rings (SSSR count). The van der Waals surface area contributed by atoms with Gasteiger partial charge in [-0.1, -0.05) is 12.1 Å². The van der Waals surface area contributed by atoms with E-state index in [1.807, 2.05) is 6.07 Å². The van der Waals surface area contributed by atoms with Crippen molar-refractivity contribution in [1.82, 2.24) is 14.5 Å². The Morgan fingerprint density at radius 1 is 1.16 bits per heavy atom. The summed E-state index contributed by atoms with van der Waals surface area (Å²) in [6, 6.07) is 6.67. The van der Waals surface area contributed by atoms with Crippen LogP contribution in [0.3, 0.4) is 0 Å². The van der Waals surface area contributed by atoms with Crippen molar-refractivity contribution in [3.63, 3.8) is 0 Å². The Morgan fingerprint density at radius 3 is 2.72 bits per heavy atom. The van der Waals surface area contributed by atoms with Crippen molar-refractivity contribution in [2.45, 2.75) is 39.9 Å². The Balaban J connectivity index is 1.85. The van der Waals surface area contributed by atoms with Crippen molar-refractivity contribution in [3.8, 4) is 11.1 Å². The predicted molar refractivity (Wildman–Crippen MR) is 95.4 cm³/mol. The van der Waals surface area contributed by atoms with Crippen molar-refractivity contribution < 1.29 is 8.78 Å². The van der Waals surface area contributed by atoms with Crippen LogP contribution >= 0.6 is 0 Å². The molecule has 0 saturated carbocycles. The number of aromatic nitrogens is 2. The lowest BCUT2D eigenvalue weighted by Gasteiger charge is -2.32. The molecule has 25 heavy (non-hydrogen) atoms. The van der Waals surface area contributed by atoms with E-state index in [1.165, 1.54) is 17.3 Å². The van der Waals surface area contributed by atoms with Gasteiger partial charge in [-0.3, -0.25) is 4.90 Å². The fraction of sp³-hybridized carbons (Fsp3) is 0.350.